The lowest BCUT2D eigenvalue weighted by Crippen LogP contribution is -3.22. The highest BCUT2D eigenvalue weighted by molar-refractivity contribution is 6.31. The minimum Gasteiger partial charge on any atom is -0.273 e. The monoisotopic (exact) mass is 409 g/mol. The predicted molar refractivity (Wildman–Crippen MR) is 113 cm³/mol. The van der Waals surface area contributed by atoms with Gasteiger partial charge in [-0.1, -0.05) is 72.3 Å². The number of quaternary nitrogens is 2. The molecule has 1 heterocycles. The van der Waals surface area contributed by atoms with E-state index in [1.807, 2.05) is 12.1 Å². The molecule has 4 rings (SSSR count). The van der Waals surface area contributed by atoms with Crippen LogP contribution >= 0.6 is 11.6 Å². The first-order valence-corrected chi connectivity index (χ1v) is 10.2. The van der Waals surface area contributed by atoms with E-state index in [0.717, 1.165) is 31.7 Å². The number of benzene rings is 3. The van der Waals surface area contributed by atoms with E-state index < -0.39 is 0 Å². The van der Waals surface area contributed by atoms with E-state index >= 15 is 0 Å². The van der Waals surface area contributed by atoms with Crippen LogP contribution in [0.1, 0.15) is 22.9 Å². The van der Waals surface area contributed by atoms with Gasteiger partial charge >= 0.3 is 0 Å². The van der Waals surface area contributed by atoms with Crippen molar-refractivity contribution in [2.75, 3.05) is 13.1 Å². The molecule has 2 unspecified atom stereocenters. The zero-order chi connectivity index (χ0) is 20.2. The molecule has 5 nitrogen and oxygen atoms in total. The second-order valence-corrected chi connectivity index (χ2v) is 7.94. The number of halogens is 1. The summed E-state index contributed by atoms with van der Waals surface area (Å²) in [5, 5.41) is 12.0. The van der Waals surface area contributed by atoms with Crippen molar-refractivity contribution in [3.8, 4) is 0 Å². The maximum atomic E-state index is 11.4. The fourth-order valence-corrected chi connectivity index (χ4v) is 4.53. The number of nitrogens with one attached hydrogen (secondary N) is 2. The van der Waals surface area contributed by atoms with Gasteiger partial charge in [-0.05, 0) is 6.07 Å². The van der Waals surface area contributed by atoms with Crippen LogP contribution in [0.3, 0.4) is 0 Å². The van der Waals surface area contributed by atoms with Crippen LogP contribution in [0, 0.1) is 10.1 Å². The third-order valence-corrected chi connectivity index (χ3v) is 5.98. The molecule has 1 saturated heterocycles. The Kier molecular flexibility index (Phi) is 5.90. The standard InChI is InChI=1S/C23H22ClN3O2/c24-22-12-11-20(27(28)29)15-21(22)23-25(16-18-7-3-1-4-8-18)13-14-26(23)17-19-9-5-2-6-10-19/h1-12,15,23H,13-14,16-17H2/p+2. The highest BCUT2D eigenvalue weighted by Gasteiger charge is 2.42. The normalized spacial score (nSPS) is 21.2. The number of nitro benzene ring substituents is 1. The van der Waals surface area contributed by atoms with Crippen molar-refractivity contribution in [1.29, 1.82) is 0 Å². The zero-order valence-electron chi connectivity index (χ0n) is 16.1. The maximum Gasteiger partial charge on any atom is 0.270 e. The largest absolute Gasteiger partial charge is 0.273 e. The number of non-ortho nitro benzene ring substituents is 1. The van der Waals surface area contributed by atoms with Gasteiger partial charge in [-0.3, -0.25) is 19.9 Å². The smallest absolute Gasteiger partial charge is 0.270 e. The van der Waals surface area contributed by atoms with Crippen LogP contribution in [-0.4, -0.2) is 18.0 Å². The summed E-state index contributed by atoms with van der Waals surface area (Å²) in [5.74, 6) is 0. The fraction of sp³-hybridized carbons (Fsp3) is 0.217. The molecule has 148 valence electrons. The third-order valence-electron chi connectivity index (χ3n) is 5.63. The molecule has 0 bridgehead atoms. The van der Waals surface area contributed by atoms with Gasteiger partial charge in [0.2, 0.25) is 6.17 Å². The van der Waals surface area contributed by atoms with E-state index in [0.29, 0.717) is 5.02 Å². The van der Waals surface area contributed by atoms with Gasteiger partial charge in [-0.15, -0.1) is 0 Å². The summed E-state index contributed by atoms with van der Waals surface area (Å²) in [4.78, 5) is 13.8. The van der Waals surface area contributed by atoms with E-state index in [9.17, 15) is 10.1 Å². The van der Waals surface area contributed by atoms with Crippen LogP contribution in [-0.2, 0) is 13.1 Å². The number of hydrogen-bond donors (Lipinski definition) is 2. The zero-order valence-corrected chi connectivity index (χ0v) is 16.8. The molecule has 0 spiro atoms. The molecule has 0 amide bonds. The van der Waals surface area contributed by atoms with Gasteiger partial charge in [0.15, 0.2) is 0 Å². The fourth-order valence-electron chi connectivity index (χ4n) is 4.30. The minimum absolute atomic E-state index is 0.0443. The van der Waals surface area contributed by atoms with Crippen molar-refractivity contribution in [2.45, 2.75) is 19.3 Å². The van der Waals surface area contributed by atoms with E-state index in [2.05, 4.69) is 48.5 Å². The summed E-state index contributed by atoms with van der Waals surface area (Å²) >= 11 is 6.57. The van der Waals surface area contributed by atoms with Gasteiger partial charge in [0.1, 0.15) is 26.2 Å². The first-order chi connectivity index (χ1) is 14.1. The summed E-state index contributed by atoms with van der Waals surface area (Å²) in [7, 11) is 0. The molecule has 3 aromatic rings. The van der Waals surface area contributed by atoms with E-state index in [4.69, 9.17) is 11.6 Å². The van der Waals surface area contributed by atoms with Crippen molar-refractivity contribution in [2.24, 2.45) is 0 Å². The maximum absolute atomic E-state index is 11.4. The van der Waals surface area contributed by atoms with E-state index in [1.165, 1.54) is 27.0 Å². The summed E-state index contributed by atoms with van der Waals surface area (Å²) in [6.45, 7) is 3.70. The van der Waals surface area contributed by atoms with Crippen molar-refractivity contribution >= 4 is 17.3 Å². The van der Waals surface area contributed by atoms with Crippen molar-refractivity contribution < 1.29 is 14.7 Å². The van der Waals surface area contributed by atoms with Crippen LogP contribution in [0.25, 0.3) is 0 Å². The topological polar surface area (TPSA) is 52.0 Å². The van der Waals surface area contributed by atoms with Crippen molar-refractivity contribution in [1.82, 2.24) is 0 Å². The van der Waals surface area contributed by atoms with Crippen LogP contribution in [0.4, 0.5) is 5.69 Å². The van der Waals surface area contributed by atoms with E-state index in [-0.39, 0.29) is 16.8 Å². The Morgan fingerprint density at radius 3 is 1.86 bits per heavy atom. The average molecular weight is 410 g/mol. The molecular weight excluding hydrogens is 386 g/mol. The molecule has 1 fully saturated rings. The highest BCUT2D eigenvalue weighted by Crippen LogP contribution is 2.25. The average Bonchev–Trinajstić information content (AvgIpc) is 3.11. The summed E-state index contributed by atoms with van der Waals surface area (Å²) < 4.78 is 0. The molecule has 29 heavy (non-hydrogen) atoms. The van der Waals surface area contributed by atoms with Crippen LogP contribution in [0.15, 0.2) is 78.9 Å². The van der Waals surface area contributed by atoms with Crippen LogP contribution in [0.5, 0.6) is 0 Å². The van der Waals surface area contributed by atoms with Crippen molar-refractivity contribution in [3.05, 3.63) is 111 Å². The Balaban J connectivity index is 1.69. The summed E-state index contributed by atoms with van der Waals surface area (Å²) in [6.07, 6.45) is 0.0443. The number of rotatable bonds is 6. The Hall–Kier alpha value is -2.73. The summed E-state index contributed by atoms with van der Waals surface area (Å²) in [6, 6.07) is 25.6. The van der Waals surface area contributed by atoms with Crippen molar-refractivity contribution in [3.63, 3.8) is 0 Å². The Bertz CT molecular complexity index is 932. The molecule has 1 aliphatic heterocycles. The first-order valence-electron chi connectivity index (χ1n) is 9.82. The molecule has 3 aromatic carbocycles. The molecule has 0 saturated carbocycles. The van der Waals surface area contributed by atoms with Gasteiger partial charge in [0.05, 0.1) is 15.5 Å². The molecule has 0 radical (unpaired) electrons. The highest BCUT2D eigenvalue weighted by atomic mass is 35.5. The van der Waals surface area contributed by atoms with E-state index in [1.54, 1.807) is 12.1 Å². The third kappa shape index (κ3) is 4.48. The molecule has 1 aliphatic rings. The molecule has 2 atom stereocenters. The number of nitrogens with zero attached hydrogens (tertiary/aromatic N) is 1. The predicted octanol–water partition coefficient (Wildman–Crippen LogP) is 2.43. The summed E-state index contributed by atoms with van der Waals surface area (Å²) in [5.41, 5.74) is 3.47. The Labute approximate surface area is 175 Å². The molecule has 0 aromatic heterocycles. The Morgan fingerprint density at radius 2 is 1.38 bits per heavy atom. The molecule has 2 N–H and O–H groups in total. The van der Waals surface area contributed by atoms with Gasteiger partial charge in [-0.25, -0.2) is 0 Å². The lowest BCUT2D eigenvalue weighted by Gasteiger charge is -2.25. The number of hydrogen-bond acceptors (Lipinski definition) is 2. The molecule has 6 heteroatoms. The second-order valence-electron chi connectivity index (χ2n) is 7.54. The van der Waals surface area contributed by atoms with Gasteiger partial charge in [-0.2, -0.15) is 0 Å². The SMILES string of the molecule is O=[N+]([O-])c1ccc(Cl)c(C2[NH+](Cc3ccccc3)CC[NH+]2Cc2ccccc2)c1. The van der Waals surface area contributed by atoms with Crippen LogP contribution < -0.4 is 9.80 Å². The molecular formula is C23H24ClN3O2+2. The number of nitro groups is 1. The minimum atomic E-state index is -0.345. The lowest BCUT2D eigenvalue weighted by molar-refractivity contribution is -1.09. The molecule has 0 aliphatic carbocycles. The van der Waals surface area contributed by atoms with Crippen LogP contribution in [0.2, 0.25) is 5.02 Å². The second kappa shape index (κ2) is 8.74. The lowest BCUT2D eigenvalue weighted by atomic mass is 10.1. The van der Waals surface area contributed by atoms with Gasteiger partial charge in [0.25, 0.3) is 5.69 Å². The Morgan fingerprint density at radius 1 is 0.862 bits per heavy atom. The van der Waals surface area contributed by atoms with Gasteiger partial charge < -0.3 is 0 Å². The van der Waals surface area contributed by atoms with Gasteiger partial charge in [0, 0.05) is 23.3 Å². The first kappa shape index (κ1) is 19.6. The quantitative estimate of drug-likeness (QED) is 0.485.